The molecule has 158 valence electrons. The fourth-order valence-electron chi connectivity index (χ4n) is 3.61. The first-order valence-corrected chi connectivity index (χ1v) is 10.2. The minimum atomic E-state index is -0.273. The number of likely N-dealkylation sites (tertiary alicyclic amines) is 1. The number of para-hydroxylation sites is 1. The number of amides is 2. The molecule has 4 rings (SSSR count). The lowest BCUT2D eigenvalue weighted by atomic mass is 10.1. The molecule has 0 bridgehead atoms. The van der Waals surface area contributed by atoms with Gasteiger partial charge in [-0.25, -0.2) is 4.98 Å². The number of fused-ring (bicyclic) bond motifs is 1. The number of hydrogen-bond donors (Lipinski definition) is 1. The predicted molar refractivity (Wildman–Crippen MR) is 113 cm³/mol. The van der Waals surface area contributed by atoms with E-state index in [9.17, 15) is 9.59 Å². The fraction of sp³-hybridized carbons (Fsp3) is 0.381. The van der Waals surface area contributed by atoms with Crippen molar-refractivity contribution < 1.29 is 14.3 Å². The molecule has 2 aromatic rings. The molecule has 0 unspecified atom stereocenters. The third-order valence-electron chi connectivity index (χ3n) is 5.41. The highest BCUT2D eigenvalue weighted by Crippen LogP contribution is 2.22. The van der Waals surface area contributed by atoms with Gasteiger partial charge in [0.25, 0.3) is 5.91 Å². The van der Waals surface area contributed by atoms with Crippen LogP contribution in [0.15, 0.2) is 42.6 Å². The third-order valence-corrected chi connectivity index (χ3v) is 5.74. The van der Waals surface area contributed by atoms with Crippen LogP contribution in [-0.2, 0) is 22.6 Å². The molecule has 30 heavy (non-hydrogen) atoms. The van der Waals surface area contributed by atoms with Gasteiger partial charge in [-0.2, -0.15) is 0 Å². The van der Waals surface area contributed by atoms with Crippen LogP contribution in [0.2, 0.25) is 5.02 Å². The van der Waals surface area contributed by atoms with Crippen molar-refractivity contribution in [1.29, 1.82) is 0 Å². The van der Waals surface area contributed by atoms with E-state index in [1.54, 1.807) is 42.5 Å². The Morgan fingerprint density at radius 2 is 2.10 bits per heavy atom. The number of methoxy groups -OCH3 is 1. The second kappa shape index (κ2) is 8.99. The van der Waals surface area contributed by atoms with E-state index in [4.69, 9.17) is 16.3 Å². The van der Waals surface area contributed by atoms with Crippen LogP contribution in [0, 0.1) is 0 Å². The van der Waals surface area contributed by atoms with Crippen molar-refractivity contribution in [1.82, 2.24) is 19.4 Å². The van der Waals surface area contributed by atoms with Crippen molar-refractivity contribution >= 4 is 29.1 Å². The van der Waals surface area contributed by atoms with Gasteiger partial charge in [0.05, 0.1) is 29.6 Å². The average molecular weight is 430 g/mol. The standard InChI is InChI=1S/C21H24ClN5O3/c1-30-15-12-25(13-15)8-4-7-20(28)26-9-10-27-18(11-23-19(27)14-26)21(29)24-17-6-3-2-5-16(17)22/h2-7,11,15H,8-10,12-14H2,1H3,(H,24,29)/b7-4+. The van der Waals surface area contributed by atoms with Gasteiger partial charge in [0.15, 0.2) is 0 Å². The lowest BCUT2D eigenvalue weighted by Crippen LogP contribution is -2.51. The number of nitrogens with zero attached hydrogens (tertiary/aromatic N) is 4. The zero-order chi connectivity index (χ0) is 21.1. The summed E-state index contributed by atoms with van der Waals surface area (Å²) in [7, 11) is 1.72. The molecule has 2 amide bonds. The van der Waals surface area contributed by atoms with Gasteiger partial charge in [0.2, 0.25) is 5.91 Å². The van der Waals surface area contributed by atoms with E-state index in [1.807, 2.05) is 16.7 Å². The van der Waals surface area contributed by atoms with Gasteiger partial charge in [0.1, 0.15) is 11.5 Å². The van der Waals surface area contributed by atoms with Crippen LogP contribution in [0.3, 0.4) is 0 Å². The first-order chi connectivity index (χ1) is 14.5. The summed E-state index contributed by atoms with van der Waals surface area (Å²) in [4.78, 5) is 33.5. The number of benzene rings is 1. The second-order valence-electron chi connectivity index (χ2n) is 7.38. The van der Waals surface area contributed by atoms with Crippen LogP contribution in [0.5, 0.6) is 0 Å². The number of carbonyl (C=O) groups is 2. The summed E-state index contributed by atoms with van der Waals surface area (Å²) >= 11 is 6.12. The summed E-state index contributed by atoms with van der Waals surface area (Å²) in [6.07, 6.45) is 5.35. The predicted octanol–water partition coefficient (Wildman–Crippen LogP) is 2.02. The Morgan fingerprint density at radius 3 is 2.87 bits per heavy atom. The van der Waals surface area contributed by atoms with Gasteiger partial charge < -0.3 is 19.5 Å². The van der Waals surface area contributed by atoms with Crippen molar-refractivity contribution in [3.63, 3.8) is 0 Å². The zero-order valence-corrected chi connectivity index (χ0v) is 17.5. The summed E-state index contributed by atoms with van der Waals surface area (Å²) < 4.78 is 7.10. The summed E-state index contributed by atoms with van der Waals surface area (Å²) in [5.74, 6) is 0.374. The molecule has 0 saturated carbocycles. The molecule has 1 aromatic carbocycles. The monoisotopic (exact) mass is 429 g/mol. The molecule has 1 N–H and O–H groups in total. The molecule has 0 radical (unpaired) electrons. The molecule has 1 fully saturated rings. The SMILES string of the molecule is COC1CN(C/C=C/C(=O)N2CCn3c(C(=O)Nc4ccccc4Cl)cnc3C2)C1. The molecular weight excluding hydrogens is 406 g/mol. The summed E-state index contributed by atoms with van der Waals surface area (Å²) in [6.45, 7) is 3.94. The van der Waals surface area contributed by atoms with Gasteiger partial charge >= 0.3 is 0 Å². The van der Waals surface area contributed by atoms with Crippen molar-refractivity contribution in [3.05, 3.63) is 59.2 Å². The van der Waals surface area contributed by atoms with Crippen molar-refractivity contribution in [2.24, 2.45) is 0 Å². The molecule has 2 aliphatic heterocycles. The number of carbonyl (C=O) groups excluding carboxylic acids is 2. The lowest BCUT2D eigenvalue weighted by Gasteiger charge is -2.37. The Morgan fingerprint density at radius 1 is 1.30 bits per heavy atom. The molecule has 8 nitrogen and oxygen atoms in total. The van der Waals surface area contributed by atoms with Crippen LogP contribution in [-0.4, -0.2) is 70.6 Å². The molecule has 2 aliphatic rings. The van der Waals surface area contributed by atoms with Crippen LogP contribution in [0.4, 0.5) is 5.69 Å². The quantitative estimate of drug-likeness (QED) is 0.710. The van der Waals surface area contributed by atoms with Gasteiger partial charge in [0, 0.05) is 45.9 Å². The minimum Gasteiger partial charge on any atom is -0.379 e. The molecular formula is C21H24ClN5O3. The van der Waals surface area contributed by atoms with E-state index in [-0.39, 0.29) is 11.8 Å². The zero-order valence-electron chi connectivity index (χ0n) is 16.8. The molecule has 0 aliphatic carbocycles. The number of anilines is 1. The van der Waals surface area contributed by atoms with Gasteiger partial charge in [-0.15, -0.1) is 0 Å². The van der Waals surface area contributed by atoms with E-state index < -0.39 is 0 Å². The Labute approximate surface area is 180 Å². The Balaban J connectivity index is 1.34. The number of halogens is 1. The van der Waals surface area contributed by atoms with E-state index in [1.165, 1.54) is 0 Å². The maximum Gasteiger partial charge on any atom is 0.273 e. The van der Waals surface area contributed by atoms with Crippen LogP contribution < -0.4 is 5.32 Å². The number of rotatable bonds is 6. The van der Waals surface area contributed by atoms with Crippen LogP contribution >= 0.6 is 11.6 Å². The first-order valence-electron chi connectivity index (χ1n) is 9.86. The molecule has 0 spiro atoms. The Kier molecular flexibility index (Phi) is 6.17. The lowest BCUT2D eigenvalue weighted by molar-refractivity contribution is -0.127. The number of aromatic nitrogens is 2. The van der Waals surface area contributed by atoms with Crippen LogP contribution in [0.1, 0.15) is 16.3 Å². The van der Waals surface area contributed by atoms with E-state index in [2.05, 4.69) is 15.2 Å². The average Bonchev–Trinajstić information content (AvgIpc) is 3.14. The number of ether oxygens (including phenoxy) is 1. The number of nitrogens with one attached hydrogen (secondary N) is 1. The first kappa shape index (κ1) is 20.6. The molecule has 1 saturated heterocycles. The highest BCUT2D eigenvalue weighted by Gasteiger charge is 2.26. The third kappa shape index (κ3) is 4.40. The number of imidazole rings is 1. The minimum absolute atomic E-state index is 0.0462. The maximum absolute atomic E-state index is 12.7. The topological polar surface area (TPSA) is 79.7 Å². The van der Waals surface area contributed by atoms with E-state index in [0.717, 1.165) is 19.6 Å². The number of hydrogen-bond acceptors (Lipinski definition) is 5. The van der Waals surface area contributed by atoms with Crippen LogP contribution in [0.25, 0.3) is 0 Å². The fourth-order valence-corrected chi connectivity index (χ4v) is 3.79. The molecule has 9 heteroatoms. The maximum atomic E-state index is 12.7. The normalized spacial score (nSPS) is 17.1. The second-order valence-corrected chi connectivity index (χ2v) is 7.79. The molecule has 0 atom stereocenters. The Bertz CT molecular complexity index is 967. The summed E-state index contributed by atoms with van der Waals surface area (Å²) in [6, 6.07) is 7.08. The highest BCUT2D eigenvalue weighted by atomic mass is 35.5. The summed E-state index contributed by atoms with van der Waals surface area (Å²) in [5, 5.41) is 3.29. The van der Waals surface area contributed by atoms with Gasteiger partial charge in [-0.1, -0.05) is 29.8 Å². The van der Waals surface area contributed by atoms with E-state index in [0.29, 0.717) is 48.0 Å². The van der Waals surface area contributed by atoms with Gasteiger partial charge in [-0.05, 0) is 12.1 Å². The molecule has 3 heterocycles. The largest absolute Gasteiger partial charge is 0.379 e. The molecule has 1 aromatic heterocycles. The highest BCUT2D eigenvalue weighted by molar-refractivity contribution is 6.33. The van der Waals surface area contributed by atoms with E-state index >= 15 is 0 Å². The van der Waals surface area contributed by atoms with Gasteiger partial charge in [-0.3, -0.25) is 14.5 Å². The smallest absolute Gasteiger partial charge is 0.273 e. The Hall–Kier alpha value is -2.68. The van der Waals surface area contributed by atoms with Crippen molar-refractivity contribution in [2.45, 2.75) is 19.2 Å². The van der Waals surface area contributed by atoms with Crippen molar-refractivity contribution in [3.8, 4) is 0 Å². The summed E-state index contributed by atoms with van der Waals surface area (Å²) in [5.41, 5.74) is 1.01. The van der Waals surface area contributed by atoms with Crippen molar-refractivity contribution in [2.75, 3.05) is 38.6 Å².